The fourth-order valence-electron chi connectivity index (χ4n) is 2.46. The third-order valence-corrected chi connectivity index (χ3v) is 3.64. The molecule has 1 fully saturated rings. The summed E-state index contributed by atoms with van der Waals surface area (Å²) in [5, 5.41) is 3.68. The summed E-state index contributed by atoms with van der Waals surface area (Å²) in [5.41, 5.74) is -0.407. The molecular formula is C16H24ClN3O3. The normalized spacial score (nSPS) is 20.4. The van der Waals surface area contributed by atoms with Crippen LogP contribution in [0.2, 0.25) is 5.15 Å². The van der Waals surface area contributed by atoms with Crippen LogP contribution in [0.1, 0.15) is 34.6 Å². The molecule has 1 aliphatic heterocycles. The lowest BCUT2D eigenvalue weighted by molar-refractivity contribution is -0.0620. The van der Waals surface area contributed by atoms with Gasteiger partial charge in [-0.05, 0) is 46.8 Å². The van der Waals surface area contributed by atoms with E-state index in [-0.39, 0.29) is 12.1 Å². The van der Waals surface area contributed by atoms with Crippen molar-refractivity contribution in [2.45, 2.75) is 52.0 Å². The van der Waals surface area contributed by atoms with Gasteiger partial charge in [0.15, 0.2) is 0 Å². The maximum atomic E-state index is 12.5. The molecule has 1 aromatic rings. The average molecular weight is 342 g/mol. The maximum Gasteiger partial charge on any atom is 0.412 e. The number of anilines is 1. The van der Waals surface area contributed by atoms with Crippen LogP contribution in [0.4, 0.5) is 10.5 Å². The zero-order valence-corrected chi connectivity index (χ0v) is 15.0. The largest absolute Gasteiger partial charge is 0.444 e. The summed E-state index contributed by atoms with van der Waals surface area (Å²) >= 11 is 5.88. The smallest absolute Gasteiger partial charge is 0.412 e. The van der Waals surface area contributed by atoms with Gasteiger partial charge in [0.05, 0.1) is 12.6 Å². The Labute approximate surface area is 142 Å². The van der Waals surface area contributed by atoms with Crippen LogP contribution in [-0.4, -0.2) is 46.5 Å². The minimum absolute atomic E-state index is 0.133. The molecule has 0 spiro atoms. The summed E-state index contributed by atoms with van der Waals surface area (Å²) in [6.07, 6.45) is 1.25. The van der Waals surface area contributed by atoms with Crippen LogP contribution in [0.25, 0.3) is 0 Å². The van der Waals surface area contributed by atoms with E-state index in [0.717, 1.165) is 5.69 Å². The van der Waals surface area contributed by atoms with Gasteiger partial charge in [-0.2, -0.15) is 0 Å². The van der Waals surface area contributed by atoms with E-state index in [2.05, 4.69) is 10.3 Å². The summed E-state index contributed by atoms with van der Waals surface area (Å²) in [4.78, 5) is 18.1. The zero-order valence-electron chi connectivity index (χ0n) is 14.2. The first kappa shape index (κ1) is 17.8. The molecule has 1 amide bonds. The second-order valence-corrected chi connectivity index (χ2v) is 7.40. The number of hydrogen-bond acceptors (Lipinski definition) is 5. The third kappa shape index (κ3) is 4.72. The van der Waals surface area contributed by atoms with Crippen LogP contribution in [-0.2, 0) is 9.47 Å². The number of halogens is 1. The molecule has 6 nitrogen and oxygen atoms in total. The maximum absolute atomic E-state index is 12.5. The van der Waals surface area contributed by atoms with Gasteiger partial charge in [0, 0.05) is 18.4 Å². The van der Waals surface area contributed by atoms with E-state index in [1.165, 1.54) is 0 Å². The summed E-state index contributed by atoms with van der Waals surface area (Å²) in [6, 6.07) is 3.43. The summed E-state index contributed by atoms with van der Waals surface area (Å²) in [5.74, 6) is 0. The van der Waals surface area contributed by atoms with Crippen molar-refractivity contribution < 1.29 is 14.3 Å². The molecule has 2 rings (SSSR count). The molecule has 1 aromatic heterocycles. The number of pyridine rings is 1. The highest BCUT2D eigenvalue weighted by Gasteiger charge is 2.45. The van der Waals surface area contributed by atoms with Crippen molar-refractivity contribution in [1.29, 1.82) is 0 Å². The van der Waals surface area contributed by atoms with Gasteiger partial charge in [-0.15, -0.1) is 0 Å². The fraction of sp³-hybridized carbons (Fsp3) is 0.625. The quantitative estimate of drug-likeness (QED) is 0.852. The number of carbonyl (C=O) groups excluding carboxylic acids is 1. The van der Waals surface area contributed by atoms with Crippen molar-refractivity contribution in [2.75, 3.05) is 18.5 Å². The Morgan fingerprint density at radius 1 is 1.57 bits per heavy atom. The number of carbonyl (C=O) groups is 1. The molecule has 1 atom stereocenters. The molecule has 0 saturated carbocycles. The lowest BCUT2D eigenvalue weighted by atomic mass is 10.2. The summed E-state index contributed by atoms with van der Waals surface area (Å²) in [7, 11) is 0. The molecule has 0 bridgehead atoms. The van der Waals surface area contributed by atoms with Crippen LogP contribution < -0.4 is 5.32 Å². The fourth-order valence-corrected chi connectivity index (χ4v) is 2.64. The Hall–Kier alpha value is -1.53. The molecule has 0 aromatic carbocycles. The highest BCUT2D eigenvalue weighted by atomic mass is 35.5. The van der Waals surface area contributed by atoms with Crippen LogP contribution in [0, 0.1) is 0 Å². The summed E-state index contributed by atoms with van der Waals surface area (Å²) < 4.78 is 11.3. The molecule has 2 heterocycles. The second kappa shape index (κ2) is 6.53. The van der Waals surface area contributed by atoms with E-state index in [9.17, 15) is 4.79 Å². The Kier molecular flexibility index (Phi) is 5.06. The first-order chi connectivity index (χ1) is 10.6. The Morgan fingerprint density at radius 2 is 2.26 bits per heavy atom. The zero-order chi connectivity index (χ0) is 17.3. The molecule has 1 N–H and O–H groups in total. The Bertz CT molecular complexity index is 572. The first-order valence-electron chi connectivity index (χ1n) is 7.60. The van der Waals surface area contributed by atoms with Crippen LogP contribution in [0.3, 0.4) is 0 Å². The monoisotopic (exact) mass is 341 g/mol. The number of rotatable bonds is 3. The van der Waals surface area contributed by atoms with Crippen molar-refractivity contribution in [3.8, 4) is 0 Å². The lowest BCUT2D eigenvalue weighted by Gasteiger charge is -2.35. The van der Waals surface area contributed by atoms with Crippen LogP contribution in [0.5, 0.6) is 0 Å². The minimum atomic E-state index is -0.704. The summed E-state index contributed by atoms with van der Waals surface area (Å²) in [6.45, 7) is 10.2. The van der Waals surface area contributed by atoms with Crippen molar-refractivity contribution in [2.24, 2.45) is 0 Å². The van der Waals surface area contributed by atoms with Gasteiger partial charge >= 0.3 is 6.09 Å². The number of ether oxygens (including phenoxy) is 2. The van der Waals surface area contributed by atoms with E-state index in [1.54, 1.807) is 17.2 Å². The predicted molar refractivity (Wildman–Crippen MR) is 89.6 cm³/mol. The highest BCUT2D eigenvalue weighted by molar-refractivity contribution is 6.29. The molecule has 1 aliphatic rings. The van der Waals surface area contributed by atoms with Crippen molar-refractivity contribution in [1.82, 2.24) is 9.88 Å². The highest BCUT2D eigenvalue weighted by Crippen LogP contribution is 2.29. The second-order valence-electron chi connectivity index (χ2n) is 7.01. The number of aromatic nitrogens is 1. The molecular weight excluding hydrogens is 318 g/mol. The molecule has 23 heavy (non-hydrogen) atoms. The van der Waals surface area contributed by atoms with Gasteiger partial charge in [0.1, 0.15) is 16.5 Å². The van der Waals surface area contributed by atoms with Crippen molar-refractivity contribution >= 4 is 23.4 Å². The number of hydrogen-bond donors (Lipinski definition) is 1. The number of amides is 1. The van der Waals surface area contributed by atoms with Gasteiger partial charge < -0.3 is 14.8 Å². The Morgan fingerprint density at radius 3 is 2.87 bits per heavy atom. The van der Waals surface area contributed by atoms with Gasteiger partial charge in [0.25, 0.3) is 0 Å². The Balaban J connectivity index is 2.06. The van der Waals surface area contributed by atoms with Crippen LogP contribution >= 0.6 is 11.6 Å². The van der Waals surface area contributed by atoms with Crippen molar-refractivity contribution in [3.63, 3.8) is 0 Å². The molecule has 7 heteroatoms. The molecule has 0 radical (unpaired) electrons. The molecule has 1 unspecified atom stereocenters. The van der Waals surface area contributed by atoms with Gasteiger partial charge in [0.2, 0.25) is 0 Å². The minimum Gasteiger partial charge on any atom is -0.444 e. The first-order valence-corrected chi connectivity index (χ1v) is 7.98. The number of nitrogens with one attached hydrogen (secondary N) is 1. The average Bonchev–Trinajstić information content (AvgIpc) is 2.69. The van der Waals surface area contributed by atoms with E-state index in [1.807, 2.05) is 40.7 Å². The van der Waals surface area contributed by atoms with E-state index >= 15 is 0 Å². The van der Waals surface area contributed by atoms with E-state index in [4.69, 9.17) is 21.1 Å². The van der Waals surface area contributed by atoms with E-state index in [0.29, 0.717) is 18.3 Å². The molecule has 0 aliphatic carbocycles. The third-order valence-electron chi connectivity index (χ3n) is 3.43. The lowest BCUT2D eigenvalue weighted by Crippen LogP contribution is -2.51. The topological polar surface area (TPSA) is 63.7 Å². The van der Waals surface area contributed by atoms with Gasteiger partial charge in [-0.25, -0.2) is 9.78 Å². The number of nitrogens with zero attached hydrogens (tertiary/aromatic N) is 2. The standard InChI is InChI=1S/C16H24ClN3O3/c1-15(2,3)23-14(21)20-12(10-22-16(20,4)5)9-19-11-6-7-18-13(17)8-11/h6-8,12H,9-10H2,1-5H3,(H,18,19). The molecule has 128 valence electrons. The SMILES string of the molecule is CC(C)(C)OC(=O)N1C(CNc2ccnc(Cl)c2)COC1(C)C. The van der Waals surface area contributed by atoms with Crippen molar-refractivity contribution in [3.05, 3.63) is 23.5 Å². The van der Waals surface area contributed by atoms with E-state index < -0.39 is 11.3 Å². The van der Waals surface area contributed by atoms with Gasteiger partial charge in [-0.3, -0.25) is 4.90 Å². The van der Waals surface area contributed by atoms with Gasteiger partial charge in [-0.1, -0.05) is 11.6 Å². The van der Waals surface area contributed by atoms with Crippen LogP contribution in [0.15, 0.2) is 18.3 Å². The predicted octanol–water partition coefficient (Wildman–Crippen LogP) is 3.52. The molecule has 1 saturated heterocycles.